The number of amides is 2. The maximum absolute atomic E-state index is 15.4. The molecular formula is C30H34FN7O3S2. The highest BCUT2D eigenvalue weighted by atomic mass is 32.2. The number of benzene rings is 1. The van der Waals surface area contributed by atoms with Crippen LogP contribution < -0.4 is 16.0 Å². The third kappa shape index (κ3) is 9.04. The lowest BCUT2D eigenvalue weighted by Gasteiger charge is -2.28. The van der Waals surface area contributed by atoms with E-state index >= 15 is 4.39 Å². The van der Waals surface area contributed by atoms with E-state index in [-0.39, 0.29) is 23.0 Å². The van der Waals surface area contributed by atoms with Crippen molar-refractivity contribution in [3.05, 3.63) is 89.8 Å². The van der Waals surface area contributed by atoms with Gasteiger partial charge in [-0.1, -0.05) is 72.8 Å². The molecule has 1 atom stereocenters. The molecule has 1 unspecified atom stereocenters. The third-order valence-corrected chi connectivity index (χ3v) is 8.34. The second-order valence-corrected chi connectivity index (χ2v) is 12.5. The summed E-state index contributed by atoms with van der Waals surface area (Å²) < 4.78 is 16.1. The number of anilines is 2. The van der Waals surface area contributed by atoms with E-state index in [1.807, 2.05) is 45.3 Å². The summed E-state index contributed by atoms with van der Waals surface area (Å²) >= 11 is 2.43. The van der Waals surface area contributed by atoms with Gasteiger partial charge in [0.25, 0.3) is 5.91 Å². The Morgan fingerprint density at radius 2 is 1.84 bits per heavy atom. The monoisotopic (exact) mass is 623 g/mol. The van der Waals surface area contributed by atoms with Crippen LogP contribution in [0.5, 0.6) is 0 Å². The summed E-state index contributed by atoms with van der Waals surface area (Å²) in [5, 5.41) is 20.4. The number of carbonyl (C=O) groups is 2. The second-order valence-electron chi connectivity index (χ2n) is 10.1. The highest BCUT2D eigenvalue weighted by molar-refractivity contribution is 8.01. The summed E-state index contributed by atoms with van der Waals surface area (Å²) in [5.41, 5.74) is -0.0877. The molecule has 0 aliphatic rings. The van der Waals surface area contributed by atoms with E-state index in [9.17, 15) is 14.7 Å². The highest BCUT2D eigenvalue weighted by Crippen LogP contribution is 2.36. The van der Waals surface area contributed by atoms with Crippen molar-refractivity contribution in [3.63, 3.8) is 0 Å². The quantitative estimate of drug-likeness (QED) is 0.160. The molecule has 0 saturated heterocycles. The smallest absolute Gasteiger partial charge is 0.273 e. The number of likely N-dealkylation sites (N-methyl/N-ethyl adjacent to an activating group) is 1. The van der Waals surface area contributed by atoms with Gasteiger partial charge in [0, 0.05) is 18.9 Å². The van der Waals surface area contributed by atoms with E-state index in [1.165, 1.54) is 23.6 Å². The number of aliphatic hydroxyl groups is 1. The summed E-state index contributed by atoms with van der Waals surface area (Å²) in [6.45, 7) is 2.56. The first-order chi connectivity index (χ1) is 20.7. The largest absolute Gasteiger partial charge is 0.383 e. The van der Waals surface area contributed by atoms with Gasteiger partial charge in [-0.25, -0.2) is 19.3 Å². The van der Waals surface area contributed by atoms with Crippen molar-refractivity contribution in [2.24, 2.45) is 0 Å². The molecular weight excluding hydrogens is 590 g/mol. The lowest BCUT2D eigenvalue weighted by Crippen LogP contribution is -2.41. The van der Waals surface area contributed by atoms with Crippen LogP contribution in [0.25, 0.3) is 0 Å². The van der Waals surface area contributed by atoms with Crippen LogP contribution in [0.3, 0.4) is 0 Å². The molecule has 0 saturated carbocycles. The number of rotatable bonds is 14. The Morgan fingerprint density at radius 1 is 1.05 bits per heavy atom. The van der Waals surface area contributed by atoms with Crippen LogP contribution in [0.4, 0.5) is 15.3 Å². The zero-order chi connectivity index (χ0) is 30.8. The summed E-state index contributed by atoms with van der Waals surface area (Å²) in [4.78, 5) is 39.4. The molecule has 0 radical (unpaired) electrons. The third-order valence-electron chi connectivity index (χ3n) is 6.29. The molecule has 0 aliphatic heterocycles. The van der Waals surface area contributed by atoms with E-state index in [0.29, 0.717) is 46.7 Å². The molecule has 1 aromatic carbocycles. The van der Waals surface area contributed by atoms with Gasteiger partial charge in [0.2, 0.25) is 5.91 Å². The van der Waals surface area contributed by atoms with Crippen LogP contribution in [0.15, 0.2) is 76.2 Å². The molecule has 0 fully saturated rings. The lowest BCUT2D eigenvalue weighted by molar-refractivity contribution is -0.121. The van der Waals surface area contributed by atoms with Crippen molar-refractivity contribution in [1.82, 2.24) is 30.5 Å². The van der Waals surface area contributed by atoms with Gasteiger partial charge < -0.3 is 26.0 Å². The average molecular weight is 624 g/mol. The fourth-order valence-electron chi connectivity index (χ4n) is 4.20. The zero-order valence-electron chi connectivity index (χ0n) is 24.1. The summed E-state index contributed by atoms with van der Waals surface area (Å²) in [7, 11) is 3.66. The maximum atomic E-state index is 15.4. The molecule has 4 N–H and O–H groups in total. The first kappa shape index (κ1) is 32.0. The predicted molar refractivity (Wildman–Crippen MR) is 166 cm³/mol. The van der Waals surface area contributed by atoms with Crippen molar-refractivity contribution in [2.45, 2.75) is 41.0 Å². The number of nitrogens with zero attached hydrogens (tertiary/aromatic N) is 4. The number of hydrogen-bond acceptors (Lipinski definition) is 10. The molecule has 3 aromatic heterocycles. The van der Waals surface area contributed by atoms with E-state index in [0.717, 1.165) is 17.3 Å². The van der Waals surface area contributed by atoms with E-state index < -0.39 is 17.3 Å². The Hall–Kier alpha value is -3.91. The molecule has 226 valence electrons. The van der Waals surface area contributed by atoms with Crippen LogP contribution in [0, 0.1) is 5.82 Å². The van der Waals surface area contributed by atoms with Gasteiger partial charge in [-0.05, 0) is 43.8 Å². The van der Waals surface area contributed by atoms with Gasteiger partial charge >= 0.3 is 0 Å². The Labute approximate surface area is 258 Å². The number of halogens is 1. The van der Waals surface area contributed by atoms with Gasteiger partial charge in [-0.2, -0.15) is 0 Å². The van der Waals surface area contributed by atoms with Gasteiger partial charge in [-0.3, -0.25) is 9.59 Å². The Morgan fingerprint density at radius 3 is 2.53 bits per heavy atom. The lowest BCUT2D eigenvalue weighted by atomic mass is 9.89. The molecule has 13 heteroatoms. The first-order valence-electron chi connectivity index (χ1n) is 13.6. The van der Waals surface area contributed by atoms with Crippen LogP contribution in [-0.2, 0) is 16.9 Å². The number of aromatic nitrogens is 3. The summed E-state index contributed by atoms with van der Waals surface area (Å²) in [6, 6.07) is 14.2. The van der Waals surface area contributed by atoms with Crippen LogP contribution in [0.2, 0.25) is 0 Å². The summed E-state index contributed by atoms with van der Waals surface area (Å²) in [6.07, 6.45) is 5.79. The predicted octanol–water partition coefficient (Wildman–Crippen LogP) is 4.56. The number of pyridine rings is 2. The molecule has 0 aliphatic carbocycles. The fraction of sp³-hybridized carbons (Fsp3) is 0.300. The Balaban J connectivity index is 1.35. The SMILES string of the molecule is CCCC(O)(CNC(=O)c1nccc(Sc2cnc(Nc3ccc(CNC(=O)CN(C)C)cn3)s2)c1F)c1ccccc1. The molecule has 2 amide bonds. The van der Waals surface area contributed by atoms with Crippen LogP contribution in [0.1, 0.15) is 41.4 Å². The highest BCUT2D eigenvalue weighted by Gasteiger charge is 2.30. The average Bonchev–Trinajstić information content (AvgIpc) is 3.43. The minimum atomic E-state index is -1.28. The fourth-order valence-corrected chi connectivity index (χ4v) is 6.07. The molecule has 4 rings (SSSR count). The number of thiazole rings is 1. The second kappa shape index (κ2) is 15.0. The van der Waals surface area contributed by atoms with Gasteiger partial charge in [0.05, 0.1) is 28.4 Å². The van der Waals surface area contributed by atoms with Crippen LogP contribution in [-0.4, -0.2) is 64.0 Å². The van der Waals surface area contributed by atoms with Gasteiger partial charge in [0.15, 0.2) is 16.6 Å². The number of nitrogens with one attached hydrogen (secondary N) is 3. The number of carbonyl (C=O) groups excluding carboxylic acids is 2. The summed E-state index contributed by atoms with van der Waals surface area (Å²) in [5.74, 6) is -0.951. The minimum absolute atomic E-state index is 0.0689. The maximum Gasteiger partial charge on any atom is 0.273 e. The molecule has 3 heterocycles. The molecule has 0 spiro atoms. The molecule has 43 heavy (non-hydrogen) atoms. The van der Waals surface area contributed by atoms with Gasteiger partial charge in [0.1, 0.15) is 11.4 Å². The Bertz CT molecular complexity index is 1520. The molecule has 0 bridgehead atoms. The standard InChI is InChI=1S/C30H34FN7O3S2/c1-4-13-30(41,21-8-6-5-7-9-21)19-36-28(40)27-26(31)22(12-14-32-27)42-25-17-35-29(43-25)37-23-11-10-20(15-33-23)16-34-24(39)18-38(2)3/h5-12,14-15,17,41H,4,13,16,18-19H2,1-3H3,(H,34,39)(H,36,40)(H,33,35,37). The van der Waals surface area contributed by atoms with Crippen molar-refractivity contribution < 1.29 is 19.1 Å². The van der Waals surface area contributed by atoms with Crippen molar-refractivity contribution in [3.8, 4) is 0 Å². The first-order valence-corrected chi connectivity index (χ1v) is 15.3. The van der Waals surface area contributed by atoms with Crippen molar-refractivity contribution in [2.75, 3.05) is 32.5 Å². The molecule has 4 aromatic rings. The zero-order valence-corrected chi connectivity index (χ0v) is 25.8. The van der Waals surface area contributed by atoms with Gasteiger partial charge in [-0.15, -0.1) is 0 Å². The van der Waals surface area contributed by atoms with E-state index in [2.05, 4.69) is 30.9 Å². The number of hydrogen-bond donors (Lipinski definition) is 4. The molecule has 10 nitrogen and oxygen atoms in total. The van der Waals surface area contributed by atoms with E-state index in [4.69, 9.17) is 0 Å². The Kier molecular flexibility index (Phi) is 11.2. The minimum Gasteiger partial charge on any atom is -0.383 e. The van der Waals surface area contributed by atoms with Crippen LogP contribution >= 0.6 is 23.1 Å². The topological polar surface area (TPSA) is 132 Å². The van der Waals surface area contributed by atoms with Crippen molar-refractivity contribution >= 4 is 45.9 Å². The van der Waals surface area contributed by atoms with E-state index in [1.54, 1.807) is 35.5 Å². The normalized spacial score (nSPS) is 12.5. The van der Waals surface area contributed by atoms with Crippen molar-refractivity contribution in [1.29, 1.82) is 0 Å².